The Bertz CT molecular complexity index is 375. The van der Waals surface area contributed by atoms with Crippen LogP contribution in [-0.4, -0.2) is 41.1 Å². The molecular formula is C14H24N4S. The molecule has 4 nitrogen and oxygen atoms in total. The number of hydrogen-bond donors (Lipinski definition) is 1. The standard InChI is InChI=1S/C14H24N4S/c1-12(2)8-15-9-13-10-16-11-14(17-13)18-4-3-6-19-7-5-18/h10-12,15H,3-9H2,1-2H3. The third kappa shape index (κ3) is 4.99. The van der Waals surface area contributed by atoms with Crippen molar-refractivity contribution in [3.8, 4) is 0 Å². The van der Waals surface area contributed by atoms with Gasteiger partial charge in [-0.1, -0.05) is 13.8 Å². The summed E-state index contributed by atoms with van der Waals surface area (Å²) in [5.41, 5.74) is 1.04. The van der Waals surface area contributed by atoms with Crippen LogP contribution in [0.25, 0.3) is 0 Å². The highest BCUT2D eigenvalue weighted by Crippen LogP contribution is 2.16. The van der Waals surface area contributed by atoms with Crippen molar-refractivity contribution in [3.05, 3.63) is 18.1 Å². The van der Waals surface area contributed by atoms with E-state index < -0.39 is 0 Å². The first kappa shape index (κ1) is 14.6. The fourth-order valence-corrected chi connectivity index (χ4v) is 2.98. The molecular weight excluding hydrogens is 256 g/mol. The lowest BCUT2D eigenvalue weighted by Crippen LogP contribution is -2.27. The van der Waals surface area contributed by atoms with Gasteiger partial charge in [-0.2, -0.15) is 11.8 Å². The Morgan fingerprint density at radius 3 is 3.05 bits per heavy atom. The van der Waals surface area contributed by atoms with Gasteiger partial charge in [-0.15, -0.1) is 0 Å². The fraction of sp³-hybridized carbons (Fsp3) is 0.714. The van der Waals surface area contributed by atoms with E-state index >= 15 is 0 Å². The van der Waals surface area contributed by atoms with Gasteiger partial charge in [0.2, 0.25) is 0 Å². The van der Waals surface area contributed by atoms with Gasteiger partial charge in [0.25, 0.3) is 0 Å². The third-order valence-electron chi connectivity index (χ3n) is 3.08. The number of nitrogens with one attached hydrogen (secondary N) is 1. The minimum atomic E-state index is 0.666. The number of aromatic nitrogens is 2. The molecule has 0 saturated carbocycles. The summed E-state index contributed by atoms with van der Waals surface area (Å²) in [7, 11) is 0. The summed E-state index contributed by atoms with van der Waals surface area (Å²) in [5.74, 6) is 4.15. The zero-order chi connectivity index (χ0) is 13.5. The van der Waals surface area contributed by atoms with Gasteiger partial charge in [0.05, 0.1) is 11.9 Å². The van der Waals surface area contributed by atoms with Crippen LogP contribution in [0.15, 0.2) is 12.4 Å². The third-order valence-corrected chi connectivity index (χ3v) is 4.13. The molecule has 1 fully saturated rings. The first-order valence-electron chi connectivity index (χ1n) is 7.10. The number of hydrogen-bond acceptors (Lipinski definition) is 5. The molecule has 0 aromatic carbocycles. The minimum Gasteiger partial charge on any atom is -0.354 e. The minimum absolute atomic E-state index is 0.666. The molecule has 0 bridgehead atoms. The number of thioether (sulfide) groups is 1. The smallest absolute Gasteiger partial charge is 0.147 e. The van der Waals surface area contributed by atoms with Crippen molar-refractivity contribution in [3.63, 3.8) is 0 Å². The summed E-state index contributed by atoms with van der Waals surface area (Å²) >= 11 is 2.03. The fourth-order valence-electron chi connectivity index (χ4n) is 2.10. The van der Waals surface area contributed by atoms with Gasteiger partial charge in [-0.25, -0.2) is 4.98 Å². The molecule has 0 spiro atoms. The molecule has 0 aliphatic carbocycles. The van der Waals surface area contributed by atoms with E-state index in [0.29, 0.717) is 5.92 Å². The molecule has 1 N–H and O–H groups in total. The summed E-state index contributed by atoms with van der Waals surface area (Å²) in [6.45, 7) is 8.44. The van der Waals surface area contributed by atoms with Crippen molar-refractivity contribution in [1.82, 2.24) is 15.3 Å². The lowest BCUT2D eigenvalue weighted by atomic mass is 10.2. The van der Waals surface area contributed by atoms with Crippen LogP contribution >= 0.6 is 11.8 Å². The van der Waals surface area contributed by atoms with Crippen molar-refractivity contribution in [1.29, 1.82) is 0 Å². The average molecular weight is 280 g/mol. The van der Waals surface area contributed by atoms with Crippen molar-refractivity contribution in [2.75, 3.05) is 36.0 Å². The van der Waals surface area contributed by atoms with Gasteiger partial charge >= 0.3 is 0 Å². The summed E-state index contributed by atoms with van der Waals surface area (Å²) in [6.07, 6.45) is 4.99. The SMILES string of the molecule is CC(C)CNCc1cncc(N2CCCSCC2)n1. The zero-order valence-corrected chi connectivity index (χ0v) is 12.7. The van der Waals surface area contributed by atoms with E-state index in [0.717, 1.165) is 37.7 Å². The van der Waals surface area contributed by atoms with Crippen molar-refractivity contribution >= 4 is 17.6 Å². The Balaban J connectivity index is 1.93. The molecule has 0 unspecified atom stereocenters. The van der Waals surface area contributed by atoms with Gasteiger partial charge in [0, 0.05) is 31.6 Å². The lowest BCUT2D eigenvalue weighted by Gasteiger charge is -2.21. The second kappa shape index (κ2) is 7.70. The first-order chi connectivity index (χ1) is 9.25. The number of rotatable bonds is 5. The first-order valence-corrected chi connectivity index (χ1v) is 8.25. The monoisotopic (exact) mass is 280 g/mol. The Kier molecular flexibility index (Phi) is 5.92. The zero-order valence-electron chi connectivity index (χ0n) is 11.9. The maximum Gasteiger partial charge on any atom is 0.147 e. The molecule has 2 heterocycles. The van der Waals surface area contributed by atoms with Crippen LogP contribution in [0.4, 0.5) is 5.82 Å². The molecule has 1 aromatic rings. The molecule has 1 aromatic heterocycles. The van der Waals surface area contributed by atoms with Crippen LogP contribution in [0.5, 0.6) is 0 Å². The van der Waals surface area contributed by atoms with Gasteiger partial charge in [-0.05, 0) is 24.6 Å². The summed E-state index contributed by atoms with van der Waals surface area (Å²) in [4.78, 5) is 11.4. The van der Waals surface area contributed by atoms with E-state index in [2.05, 4.69) is 29.0 Å². The number of nitrogens with zero attached hydrogens (tertiary/aromatic N) is 3. The van der Waals surface area contributed by atoms with Crippen LogP contribution in [0.3, 0.4) is 0 Å². The lowest BCUT2D eigenvalue weighted by molar-refractivity contribution is 0.547. The highest BCUT2D eigenvalue weighted by molar-refractivity contribution is 7.99. The Labute approximate surface area is 120 Å². The van der Waals surface area contributed by atoms with Crippen LogP contribution in [0.1, 0.15) is 26.0 Å². The highest BCUT2D eigenvalue weighted by atomic mass is 32.2. The van der Waals surface area contributed by atoms with E-state index in [4.69, 9.17) is 4.98 Å². The van der Waals surface area contributed by atoms with Crippen molar-refractivity contribution < 1.29 is 0 Å². The molecule has 0 amide bonds. The molecule has 5 heteroatoms. The summed E-state index contributed by atoms with van der Waals surface area (Å²) in [6, 6.07) is 0. The van der Waals surface area contributed by atoms with Crippen LogP contribution in [-0.2, 0) is 6.54 Å². The largest absolute Gasteiger partial charge is 0.354 e. The maximum atomic E-state index is 4.73. The predicted molar refractivity (Wildman–Crippen MR) is 82.7 cm³/mol. The molecule has 0 atom stereocenters. The topological polar surface area (TPSA) is 41.1 Å². The Morgan fingerprint density at radius 2 is 2.21 bits per heavy atom. The quantitative estimate of drug-likeness (QED) is 0.895. The Morgan fingerprint density at radius 1 is 1.32 bits per heavy atom. The highest BCUT2D eigenvalue weighted by Gasteiger charge is 2.11. The molecule has 1 aliphatic rings. The second-order valence-electron chi connectivity index (χ2n) is 5.35. The van der Waals surface area contributed by atoms with Gasteiger partial charge in [0.1, 0.15) is 5.82 Å². The van der Waals surface area contributed by atoms with Crippen molar-refractivity contribution in [2.45, 2.75) is 26.8 Å². The molecule has 19 heavy (non-hydrogen) atoms. The Hall–Kier alpha value is -0.810. The van der Waals surface area contributed by atoms with E-state index in [1.165, 1.54) is 17.9 Å². The molecule has 0 radical (unpaired) electrons. The van der Waals surface area contributed by atoms with Crippen molar-refractivity contribution in [2.24, 2.45) is 5.92 Å². The van der Waals surface area contributed by atoms with Crippen LogP contribution < -0.4 is 10.2 Å². The van der Waals surface area contributed by atoms with Gasteiger partial charge in [0.15, 0.2) is 0 Å². The van der Waals surface area contributed by atoms with E-state index in [1.807, 2.05) is 24.2 Å². The van der Waals surface area contributed by atoms with Crippen LogP contribution in [0.2, 0.25) is 0 Å². The molecule has 2 rings (SSSR count). The van der Waals surface area contributed by atoms with E-state index in [-0.39, 0.29) is 0 Å². The van der Waals surface area contributed by atoms with Gasteiger partial charge in [-0.3, -0.25) is 4.98 Å². The van der Waals surface area contributed by atoms with Crippen LogP contribution in [0, 0.1) is 5.92 Å². The predicted octanol–water partition coefficient (Wildman–Crippen LogP) is 2.17. The molecule has 1 saturated heterocycles. The van der Waals surface area contributed by atoms with Gasteiger partial charge < -0.3 is 10.2 Å². The number of anilines is 1. The molecule has 106 valence electrons. The average Bonchev–Trinajstić information content (AvgIpc) is 2.67. The normalized spacial score (nSPS) is 16.7. The molecule has 1 aliphatic heterocycles. The summed E-state index contributed by atoms with van der Waals surface area (Å²) < 4.78 is 0. The van der Waals surface area contributed by atoms with E-state index in [1.54, 1.807) is 0 Å². The maximum absolute atomic E-state index is 4.73. The second-order valence-corrected chi connectivity index (χ2v) is 6.57. The summed E-state index contributed by atoms with van der Waals surface area (Å²) in [5, 5.41) is 3.42. The van der Waals surface area contributed by atoms with E-state index in [9.17, 15) is 0 Å².